The highest BCUT2D eigenvalue weighted by molar-refractivity contribution is 8.13. The van der Waals surface area contributed by atoms with Crippen LogP contribution in [0.1, 0.15) is 11.5 Å². The van der Waals surface area contributed by atoms with Gasteiger partial charge >= 0.3 is 0 Å². The minimum absolute atomic E-state index is 0.0521. The summed E-state index contributed by atoms with van der Waals surface area (Å²) < 4.78 is 0. The van der Waals surface area contributed by atoms with Crippen LogP contribution in [0.5, 0.6) is 0 Å². The predicted octanol–water partition coefficient (Wildman–Crippen LogP) is 1.82. The molecule has 17 heavy (non-hydrogen) atoms. The third kappa shape index (κ3) is 3.17. The maximum Gasteiger partial charge on any atom is 0.193 e. The standard InChI is InChI=1S/C11H14N4S2/c12-10(13)15-11(14)17-6-7-5-16-9-4-2-1-3-8(7)9/h1-4,7H,5-6H2,(H5,12,13,14,15). The van der Waals surface area contributed by atoms with Gasteiger partial charge in [-0.05, 0) is 11.6 Å². The second kappa shape index (κ2) is 5.46. The molecule has 1 heterocycles. The van der Waals surface area contributed by atoms with Crippen LogP contribution >= 0.6 is 23.5 Å². The number of fused-ring (bicyclic) bond motifs is 1. The molecule has 1 aliphatic rings. The Morgan fingerprint density at radius 1 is 1.47 bits per heavy atom. The van der Waals surface area contributed by atoms with Crippen molar-refractivity contribution < 1.29 is 0 Å². The molecule has 5 N–H and O–H groups in total. The van der Waals surface area contributed by atoms with Crippen molar-refractivity contribution in [2.45, 2.75) is 10.8 Å². The summed E-state index contributed by atoms with van der Waals surface area (Å²) in [6.07, 6.45) is 0. The van der Waals surface area contributed by atoms with Crippen molar-refractivity contribution in [2.24, 2.45) is 16.5 Å². The molecule has 0 bridgehead atoms. The summed E-state index contributed by atoms with van der Waals surface area (Å²) in [6.45, 7) is 0. The van der Waals surface area contributed by atoms with Gasteiger partial charge in [0.1, 0.15) is 0 Å². The number of amidine groups is 1. The number of hydrogen-bond acceptors (Lipinski definition) is 3. The molecule has 0 aliphatic carbocycles. The Balaban J connectivity index is 1.94. The van der Waals surface area contributed by atoms with Crippen molar-refractivity contribution in [3.8, 4) is 0 Å². The van der Waals surface area contributed by atoms with Crippen LogP contribution < -0.4 is 11.5 Å². The lowest BCUT2D eigenvalue weighted by atomic mass is 10.0. The van der Waals surface area contributed by atoms with Crippen LogP contribution in [0.4, 0.5) is 0 Å². The number of guanidine groups is 1. The van der Waals surface area contributed by atoms with Gasteiger partial charge in [0.2, 0.25) is 0 Å². The predicted molar refractivity (Wildman–Crippen MR) is 75.9 cm³/mol. The highest BCUT2D eigenvalue weighted by atomic mass is 32.2. The van der Waals surface area contributed by atoms with Crippen molar-refractivity contribution in [3.05, 3.63) is 29.8 Å². The lowest BCUT2D eigenvalue weighted by Gasteiger charge is -2.08. The van der Waals surface area contributed by atoms with Crippen LogP contribution in [-0.4, -0.2) is 22.6 Å². The molecule has 1 unspecified atom stereocenters. The molecule has 0 amide bonds. The molecule has 0 aromatic heterocycles. The lowest BCUT2D eigenvalue weighted by molar-refractivity contribution is 0.898. The Bertz CT molecular complexity index is 455. The van der Waals surface area contributed by atoms with E-state index in [0.29, 0.717) is 5.92 Å². The second-order valence-electron chi connectivity index (χ2n) is 3.70. The SMILES string of the molecule is N=C(N=C(N)N)SCC1CSc2ccccc21. The number of hydrogen-bond donors (Lipinski definition) is 3. The highest BCUT2D eigenvalue weighted by Gasteiger charge is 2.22. The minimum Gasteiger partial charge on any atom is -0.370 e. The van der Waals surface area contributed by atoms with Crippen molar-refractivity contribution >= 4 is 34.7 Å². The van der Waals surface area contributed by atoms with Gasteiger partial charge in [-0.15, -0.1) is 11.8 Å². The molecule has 1 atom stereocenters. The molecule has 0 spiro atoms. The van der Waals surface area contributed by atoms with E-state index in [9.17, 15) is 0 Å². The Hall–Kier alpha value is -1.14. The summed E-state index contributed by atoms with van der Waals surface area (Å²) >= 11 is 3.26. The average molecular weight is 266 g/mol. The Morgan fingerprint density at radius 3 is 3.00 bits per heavy atom. The van der Waals surface area contributed by atoms with E-state index in [4.69, 9.17) is 16.9 Å². The monoisotopic (exact) mass is 266 g/mol. The van der Waals surface area contributed by atoms with E-state index in [-0.39, 0.29) is 11.1 Å². The first-order valence-corrected chi connectivity index (χ1v) is 7.16. The Labute approximate surface area is 109 Å². The Kier molecular flexibility index (Phi) is 3.96. The molecular formula is C11H14N4S2. The van der Waals surface area contributed by atoms with Gasteiger partial charge in [-0.25, -0.2) is 0 Å². The van der Waals surface area contributed by atoms with Crippen molar-refractivity contribution in [2.75, 3.05) is 11.5 Å². The fraction of sp³-hybridized carbons (Fsp3) is 0.273. The fourth-order valence-electron chi connectivity index (χ4n) is 1.70. The summed E-state index contributed by atoms with van der Waals surface area (Å²) in [4.78, 5) is 5.06. The summed E-state index contributed by atoms with van der Waals surface area (Å²) in [5.41, 5.74) is 11.8. The molecule has 0 radical (unpaired) electrons. The van der Waals surface area contributed by atoms with E-state index >= 15 is 0 Å². The van der Waals surface area contributed by atoms with Crippen LogP contribution in [0.15, 0.2) is 34.2 Å². The molecule has 1 aromatic rings. The first kappa shape index (κ1) is 12.3. The topological polar surface area (TPSA) is 88.2 Å². The zero-order valence-electron chi connectivity index (χ0n) is 9.22. The van der Waals surface area contributed by atoms with E-state index < -0.39 is 0 Å². The summed E-state index contributed by atoms with van der Waals surface area (Å²) in [6, 6.07) is 8.42. The average Bonchev–Trinajstić information content (AvgIpc) is 2.69. The van der Waals surface area contributed by atoms with Gasteiger partial charge < -0.3 is 11.5 Å². The maximum absolute atomic E-state index is 7.58. The molecule has 6 heteroatoms. The second-order valence-corrected chi connectivity index (χ2v) is 5.77. The largest absolute Gasteiger partial charge is 0.370 e. The molecule has 1 aliphatic heterocycles. The normalized spacial score (nSPS) is 17.5. The fourth-order valence-corrected chi connectivity index (χ4v) is 3.93. The minimum atomic E-state index is -0.0521. The zero-order chi connectivity index (χ0) is 12.3. The highest BCUT2D eigenvalue weighted by Crippen LogP contribution is 2.40. The smallest absolute Gasteiger partial charge is 0.193 e. The number of benzene rings is 1. The van der Waals surface area contributed by atoms with Crippen LogP contribution in [0.2, 0.25) is 0 Å². The van der Waals surface area contributed by atoms with Crippen LogP contribution in [0.25, 0.3) is 0 Å². The quantitative estimate of drug-likeness (QED) is 0.563. The summed E-state index contributed by atoms with van der Waals surface area (Å²) in [5, 5.41) is 7.76. The van der Waals surface area contributed by atoms with Gasteiger partial charge in [-0.2, -0.15) is 4.99 Å². The van der Waals surface area contributed by atoms with Gasteiger partial charge in [0.05, 0.1) is 0 Å². The first-order valence-electron chi connectivity index (χ1n) is 5.19. The maximum atomic E-state index is 7.58. The number of rotatable bonds is 2. The molecule has 90 valence electrons. The van der Waals surface area contributed by atoms with Crippen LogP contribution in [0, 0.1) is 5.41 Å². The summed E-state index contributed by atoms with van der Waals surface area (Å²) in [7, 11) is 0. The molecular weight excluding hydrogens is 252 g/mol. The van der Waals surface area contributed by atoms with Gasteiger partial charge in [0, 0.05) is 22.3 Å². The van der Waals surface area contributed by atoms with Crippen LogP contribution in [0.3, 0.4) is 0 Å². The third-order valence-corrected chi connectivity index (χ3v) is 4.64. The van der Waals surface area contributed by atoms with E-state index in [1.54, 1.807) is 0 Å². The number of nitrogens with one attached hydrogen (secondary N) is 1. The van der Waals surface area contributed by atoms with Gasteiger partial charge in [-0.1, -0.05) is 30.0 Å². The molecule has 0 fully saturated rings. The lowest BCUT2D eigenvalue weighted by Crippen LogP contribution is -2.23. The van der Waals surface area contributed by atoms with E-state index in [1.165, 1.54) is 22.2 Å². The zero-order valence-corrected chi connectivity index (χ0v) is 10.9. The van der Waals surface area contributed by atoms with Crippen molar-refractivity contribution in [1.29, 1.82) is 5.41 Å². The number of nitrogens with two attached hydrogens (primary N) is 2. The third-order valence-electron chi connectivity index (χ3n) is 2.45. The van der Waals surface area contributed by atoms with E-state index in [1.807, 2.05) is 11.8 Å². The summed E-state index contributed by atoms with van der Waals surface area (Å²) in [5.74, 6) is 2.35. The molecule has 4 nitrogen and oxygen atoms in total. The molecule has 2 rings (SSSR count). The molecule has 1 aromatic carbocycles. The first-order chi connectivity index (χ1) is 8.16. The van der Waals surface area contributed by atoms with E-state index in [0.717, 1.165) is 11.5 Å². The van der Waals surface area contributed by atoms with Crippen LogP contribution in [-0.2, 0) is 0 Å². The molecule has 0 saturated carbocycles. The Morgan fingerprint density at radius 2 is 2.24 bits per heavy atom. The number of aliphatic imine (C=N–C) groups is 1. The van der Waals surface area contributed by atoms with Gasteiger partial charge in [-0.3, -0.25) is 5.41 Å². The number of nitrogens with zero attached hydrogens (tertiary/aromatic N) is 1. The van der Waals surface area contributed by atoms with Crippen molar-refractivity contribution in [1.82, 2.24) is 0 Å². The van der Waals surface area contributed by atoms with Gasteiger partial charge in [0.25, 0.3) is 0 Å². The van der Waals surface area contributed by atoms with Crippen molar-refractivity contribution in [3.63, 3.8) is 0 Å². The number of thioether (sulfide) groups is 2. The van der Waals surface area contributed by atoms with Gasteiger partial charge in [0.15, 0.2) is 11.1 Å². The molecule has 0 saturated heterocycles. The van der Waals surface area contributed by atoms with E-state index in [2.05, 4.69) is 29.3 Å².